The van der Waals surface area contributed by atoms with Crippen LogP contribution in [0.3, 0.4) is 0 Å². The lowest BCUT2D eigenvalue weighted by Crippen LogP contribution is -2.45. The number of rotatable bonds is 3. The van der Waals surface area contributed by atoms with E-state index in [2.05, 4.69) is 13.0 Å². The van der Waals surface area contributed by atoms with Gasteiger partial charge in [-0.1, -0.05) is 24.6 Å². The number of fused-ring (bicyclic) bond motifs is 4. The Morgan fingerprint density at radius 1 is 1.20 bits per heavy atom. The summed E-state index contributed by atoms with van der Waals surface area (Å²) in [7, 11) is 0. The van der Waals surface area contributed by atoms with Gasteiger partial charge in [0.05, 0.1) is 10.8 Å². The Kier molecular flexibility index (Phi) is 4.99. The van der Waals surface area contributed by atoms with Crippen molar-refractivity contribution >= 4 is 18.0 Å². The van der Waals surface area contributed by atoms with Crippen LogP contribution in [0.5, 0.6) is 0 Å². The lowest BCUT2D eigenvalue weighted by molar-refractivity contribution is -0.162. The van der Waals surface area contributed by atoms with Crippen molar-refractivity contribution in [3.8, 4) is 0 Å². The van der Waals surface area contributed by atoms with Crippen LogP contribution in [-0.2, 0) is 19.1 Å². The summed E-state index contributed by atoms with van der Waals surface area (Å²) in [5.74, 6) is 0.429. The fourth-order valence-electron chi connectivity index (χ4n) is 6.50. The molecule has 0 aliphatic heterocycles. The zero-order valence-electron chi connectivity index (χ0n) is 18.9. The van der Waals surface area contributed by atoms with E-state index >= 15 is 0 Å². The van der Waals surface area contributed by atoms with Crippen LogP contribution < -0.4 is 0 Å². The van der Waals surface area contributed by atoms with E-state index in [0.717, 1.165) is 37.5 Å². The minimum absolute atomic E-state index is 0.0104. The van der Waals surface area contributed by atoms with Crippen LogP contribution in [0.2, 0.25) is 0 Å². The van der Waals surface area contributed by atoms with Crippen LogP contribution in [0, 0.1) is 28.1 Å². The fourth-order valence-corrected chi connectivity index (χ4v) is 6.50. The Morgan fingerprint density at radius 2 is 1.93 bits per heavy atom. The number of carbonyl (C=O) groups is 3. The summed E-state index contributed by atoms with van der Waals surface area (Å²) in [5, 5.41) is 0. The molecule has 0 N–H and O–H groups in total. The average molecular weight is 411 g/mol. The van der Waals surface area contributed by atoms with Crippen molar-refractivity contribution in [2.75, 3.05) is 0 Å². The molecular formula is C26H34O4. The molecule has 4 aliphatic rings. The van der Waals surface area contributed by atoms with Crippen LogP contribution in [0.4, 0.5) is 0 Å². The summed E-state index contributed by atoms with van der Waals surface area (Å²) >= 11 is 0. The molecule has 0 heterocycles. The van der Waals surface area contributed by atoms with Gasteiger partial charge in [-0.3, -0.25) is 9.59 Å². The highest BCUT2D eigenvalue weighted by Crippen LogP contribution is 2.62. The normalized spacial score (nSPS) is 36.4. The highest BCUT2D eigenvalue weighted by Gasteiger charge is 2.55. The quantitative estimate of drug-likeness (QED) is 0.478. The lowest BCUT2D eigenvalue weighted by atomic mass is 9.53. The van der Waals surface area contributed by atoms with Gasteiger partial charge < -0.3 is 9.53 Å². The largest absolute Gasteiger partial charge is 0.462 e. The van der Waals surface area contributed by atoms with Crippen molar-refractivity contribution in [1.82, 2.24) is 0 Å². The van der Waals surface area contributed by atoms with Crippen LogP contribution in [0.25, 0.3) is 0 Å². The van der Waals surface area contributed by atoms with E-state index in [1.807, 2.05) is 33.8 Å². The van der Waals surface area contributed by atoms with E-state index in [1.165, 1.54) is 11.1 Å². The molecule has 0 aromatic rings. The van der Waals surface area contributed by atoms with Gasteiger partial charge in [0.1, 0.15) is 12.4 Å². The number of allylic oxidation sites excluding steroid dienone is 6. The van der Waals surface area contributed by atoms with E-state index < -0.39 is 10.8 Å². The Hall–Kier alpha value is -1.97. The second kappa shape index (κ2) is 7.03. The van der Waals surface area contributed by atoms with Gasteiger partial charge in [-0.2, -0.15) is 0 Å². The first kappa shape index (κ1) is 21.3. The molecule has 4 heteroatoms. The average Bonchev–Trinajstić information content (AvgIpc) is 3.04. The predicted octanol–water partition coefficient (Wildman–Crippen LogP) is 5.13. The number of esters is 1. The van der Waals surface area contributed by atoms with E-state index in [-0.39, 0.29) is 35.1 Å². The Morgan fingerprint density at radius 3 is 2.60 bits per heavy atom. The summed E-state index contributed by atoms with van der Waals surface area (Å²) in [6.45, 7) is 10.0. The molecule has 4 rings (SSSR count). The third kappa shape index (κ3) is 3.06. The van der Waals surface area contributed by atoms with E-state index in [9.17, 15) is 14.4 Å². The summed E-state index contributed by atoms with van der Waals surface area (Å²) in [4.78, 5) is 36.8. The van der Waals surface area contributed by atoms with Crippen LogP contribution in [-0.4, -0.2) is 24.1 Å². The van der Waals surface area contributed by atoms with Gasteiger partial charge in [0, 0.05) is 18.3 Å². The van der Waals surface area contributed by atoms with Gasteiger partial charge in [0.25, 0.3) is 0 Å². The maximum Gasteiger partial charge on any atom is 0.311 e. The van der Waals surface area contributed by atoms with Gasteiger partial charge in [-0.15, -0.1) is 0 Å². The molecule has 0 aromatic heterocycles. The SMILES string of the molecule is C[C@H](OC(=O)C(C)(C)C)[C@H]1CCC2=C3C=CC4=CC(=O)CC[C@]4(C=O)[C@H]3CC[C@@]21C. The molecule has 0 bridgehead atoms. The Bertz CT molecular complexity index is 883. The molecule has 0 spiro atoms. The molecule has 0 aromatic carbocycles. The molecule has 4 aliphatic carbocycles. The predicted molar refractivity (Wildman–Crippen MR) is 116 cm³/mol. The van der Waals surface area contributed by atoms with Crippen molar-refractivity contribution in [3.05, 3.63) is 34.9 Å². The molecule has 0 amide bonds. The molecule has 0 saturated heterocycles. The second-order valence-electron chi connectivity index (χ2n) is 11.0. The number of hydrogen-bond acceptors (Lipinski definition) is 4. The fraction of sp³-hybridized carbons (Fsp3) is 0.654. The van der Waals surface area contributed by atoms with Gasteiger partial charge in [-0.25, -0.2) is 0 Å². The first-order chi connectivity index (χ1) is 14.0. The highest BCUT2D eigenvalue weighted by molar-refractivity contribution is 5.94. The van der Waals surface area contributed by atoms with Crippen molar-refractivity contribution < 1.29 is 19.1 Å². The third-order valence-electron chi connectivity index (χ3n) is 8.27. The second-order valence-corrected chi connectivity index (χ2v) is 11.0. The lowest BCUT2D eigenvalue weighted by Gasteiger charge is -2.50. The topological polar surface area (TPSA) is 60.4 Å². The Balaban J connectivity index is 1.69. The van der Waals surface area contributed by atoms with E-state index in [4.69, 9.17) is 4.74 Å². The highest BCUT2D eigenvalue weighted by atomic mass is 16.5. The molecular weight excluding hydrogens is 376 g/mol. The number of hydrogen-bond donors (Lipinski definition) is 0. The standard InChI is InChI=1S/C26H34O4/c1-16(30-23(29)24(2,3)4)20-8-9-21-19-7-6-17-14-18(28)10-13-26(17,15-27)22(19)11-12-25(20,21)5/h6-7,14-16,20,22H,8-13H2,1-5H3/t16-,20+,22-,25+,26+/m0/s1. The number of carbonyl (C=O) groups excluding carboxylic acids is 3. The minimum Gasteiger partial charge on any atom is -0.462 e. The van der Waals surface area contributed by atoms with Crippen molar-refractivity contribution in [1.29, 1.82) is 0 Å². The van der Waals surface area contributed by atoms with Gasteiger partial charge in [-0.05, 0) is 82.4 Å². The summed E-state index contributed by atoms with van der Waals surface area (Å²) < 4.78 is 5.91. The van der Waals surface area contributed by atoms with E-state index in [0.29, 0.717) is 12.8 Å². The van der Waals surface area contributed by atoms with Gasteiger partial charge in [0.15, 0.2) is 5.78 Å². The number of aldehydes is 1. The third-order valence-corrected chi connectivity index (χ3v) is 8.27. The molecule has 1 saturated carbocycles. The summed E-state index contributed by atoms with van der Waals surface area (Å²) in [5.41, 5.74) is 2.58. The molecule has 5 atom stereocenters. The summed E-state index contributed by atoms with van der Waals surface area (Å²) in [6, 6.07) is 0. The molecule has 30 heavy (non-hydrogen) atoms. The van der Waals surface area contributed by atoms with Crippen LogP contribution in [0.15, 0.2) is 34.9 Å². The maximum absolute atomic E-state index is 12.5. The van der Waals surface area contributed by atoms with Crippen molar-refractivity contribution in [3.63, 3.8) is 0 Å². The Labute approximate surface area is 179 Å². The summed E-state index contributed by atoms with van der Waals surface area (Å²) in [6.07, 6.45) is 11.8. The first-order valence-electron chi connectivity index (χ1n) is 11.4. The first-order valence-corrected chi connectivity index (χ1v) is 11.4. The molecule has 4 nitrogen and oxygen atoms in total. The molecule has 1 fully saturated rings. The zero-order chi connectivity index (χ0) is 21.9. The molecule has 162 valence electrons. The van der Waals surface area contributed by atoms with E-state index in [1.54, 1.807) is 6.08 Å². The van der Waals surface area contributed by atoms with Gasteiger partial charge >= 0.3 is 5.97 Å². The van der Waals surface area contributed by atoms with Crippen molar-refractivity contribution in [2.45, 2.75) is 79.2 Å². The number of ether oxygens (including phenoxy) is 1. The molecule has 0 unspecified atom stereocenters. The maximum atomic E-state index is 12.5. The minimum atomic E-state index is -0.547. The van der Waals surface area contributed by atoms with Crippen LogP contribution in [0.1, 0.15) is 73.1 Å². The zero-order valence-corrected chi connectivity index (χ0v) is 18.9. The van der Waals surface area contributed by atoms with Crippen molar-refractivity contribution in [2.24, 2.45) is 28.1 Å². The monoisotopic (exact) mass is 410 g/mol. The smallest absolute Gasteiger partial charge is 0.311 e. The van der Waals surface area contributed by atoms with Crippen LogP contribution >= 0.6 is 0 Å². The number of ketones is 1. The van der Waals surface area contributed by atoms with Gasteiger partial charge in [0.2, 0.25) is 0 Å². The molecule has 0 radical (unpaired) electrons.